The SMILES string of the molecule is C=C(/N=C(/C)C=C(C)C)Sc1ncc(C)n1C. The van der Waals surface area contributed by atoms with E-state index >= 15 is 0 Å². The second-order valence-corrected chi connectivity index (χ2v) is 5.25. The summed E-state index contributed by atoms with van der Waals surface area (Å²) in [7, 11) is 1.99. The van der Waals surface area contributed by atoms with E-state index in [4.69, 9.17) is 0 Å². The van der Waals surface area contributed by atoms with Crippen LogP contribution in [0.3, 0.4) is 0 Å². The summed E-state index contributed by atoms with van der Waals surface area (Å²) in [4.78, 5) is 8.72. The van der Waals surface area contributed by atoms with Gasteiger partial charge in [0.1, 0.15) is 0 Å². The highest BCUT2D eigenvalue weighted by Gasteiger charge is 2.05. The zero-order valence-corrected chi connectivity index (χ0v) is 11.9. The van der Waals surface area contributed by atoms with Crippen molar-refractivity contribution in [1.29, 1.82) is 0 Å². The smallest absolute Gasteiger partial charge is 0.174 e. The third-order valence-electron chi connectivity index (χ3n) is 2.19. The molecule has 3 nitrogen and oxygen atoms in total. The number of aliphatic imine (C=N–C) groups is 1. The quantitative estimate of drug-likeness (QED) is 0.601. The first-order valence-electron chi connectivity index (χ1n) is 5.45. The van der Waals surface area contributed by atoms with Gasteiger partial charge in [0.25, 0.3) is 0 Å². The van der Waals surface area contributed by atoms with Crippen molar-refractivity contribution in [2.24, 2.45) is 12.0 Å². The van der Waals surface area contributed by atoms with Gasteiger partial charge >= 0.3 is 0 Å². The van der Waals surface area contributed by atoms with Crippen molar-refractivity contribution in [3.63, 3.8) is 0 Å². The lowest BCUT2D eigenvalue weighted by Gasteiger charge is -2.02. The van der Waals surface area contributed by atoms with E-state index in [0.29, 0.717) is 0 Å². The summed E-state index contributed by atoms with van der Waals surface area (Å²) in [5.74, 6) is 0. The molecule has 0 spiro atoms. The largest absolute Gasteiger partial charge is 0.326 e. The molecule has 0 N–H and O–H groups in total. The van der Waals surface area contributed by atoms with Gasteiger partial charge in [-0.1, -0.05) is 12.2 Å². The summed E-state index contributed by atoms with van der Waals surface area (Å²) in [6, 6.07) is 0. The van der Waals surface area contributed by atoms with E-state index < -0.39 is 0 Å². The first-order chi connectivity index (χ1) is 7.90. The third kappa shape index (κ3) is 4.23. The monoisotopic (exact) mass is 249 g/mol. The molecule has 0 saturated carbocycles. The summed E-state index contributed by atoms with van der Waals surface area (Å²) < 4.78 is 2.03. The van der Waals surface area contributed by atoms with Crippen molar-refractivity contribution < 1.29 is 0 Å². The molecule has 0 bridgehead atoms. The van der Waals surface area contributed by atoms with Gasteiger partial charge in [-0.05, 0) is 45.5 Å². The number of rotatable bonds is 4. The van der Waals surface area contributed by atoms with Crippen LogP contribution in [0.4, 0.5) is 0 Å². The maximum absolute atomic E-state index is 4.42. The maximum atomic E-state index is 4.42. The molecule has 1 heterocycles. The van der Waals surface area contributed by atoms with Crippen molar-refractivity contribution in [1.82, 2.24) is 9.55 Å². The van der Waals surface area contributed by atoms with Crippen molar-refractivity contribution in [2.45, 2.75) is 32.9 Å². The van der Waals surface area contributed by atoms with Crippen molar-refractivity contribution in [2.75, 3.05) is 0 Å². The second kappa shape index (κ2) is 5.87. The highest BCUT2D eigenvalue weighted by Crippen LogP contribution is 2.25. The van der Waals surface area contributed by atoms with Crippen LogP contribution in [0.1, 0.15) is 26.5 Å². The summed E-state index contributed by atoms with van der Waals surface area (Å²) >= 11 is 1.49. The van der Waals surface area contributed by atoms with Gasteiger partial charge in [0.15, 0.2) is 5.16 Å². The number of aromatic nitrogens is 2. The average Bonchev–Trinajstić information content (AvgIpc) is 2.48. The van der Waals surface area contributed by atoms with Crippen LogP contribution in [0.5, 0.6) is 0 Å². The first kappa shape index (κ1) is 13.8. The Balaban J connectivity index is 2.74. The minimum Gasteiger partial charge on any atom is -0.326 e. The van der Waals surface area contributed by atoms with E-state index in [9.17, 15) is 0 Å². The molecule has 0 saturated heterocycles. The molecule has 17 heavy (non-hydrogen) atoms. The van der Waals surface area contributed by atoms with E-state index in [-0.39, 0.29) is 0 Å². The van der Waals surface area contributed by atoms with Gasteiger partial charge in [-0.25, -0.2) is 9.98 Å². The molecule has 0 unspecified atom stereocenters. The van der Waals surface area contributed by atoms with Crippen LogP contribution >= 0.6 is 11.8 Å². The van der Waals surface area contributed by atoms with E-state index in [2.05, 4.69) is 30.4 Å². The third-order valence-corrected chi connectivity index (χ3v) is 3.07. The van der Waals surface area contributed by atoms with Crippen LogP contribution in [0.15, 0.2) is 39.6 Å². The number of allylic oxidation sites excluding steroid dienone is 2. The molecule has 0 radical (unpaired) electrons. The molecule has 0 fully saturated rings. The van der Waals surface area contributed by atoms with Crippen molar-refractivity contribution in [3.8, 4) is 0 Å². The van der Waals surface area contributed by atoms with Gasteiger partial charge in [-0.15, -0.1) is 0 Å². The summed E-state index contributed by atoms with van der Waals surface area (Å²) in [5.41, 5.74) is 3.33. The Morgan fingerprint density at radius 3 is 2.59 bits per heavy atom. The van der Waals surface area contributed by atoms with Crippen molar-refractivity contribution in [3.05, 3.63) is 35.1 Å². The first-order valence-corrected chi connectivity index (χ1v) is 6.27. The molecule has 1 aromatic rings. The summed E-state index contributed by atoms with van der Waals surface area (Å²) in [6.07, 6.45) is 3.89. The Morgan fingerprint density at radius 2 is 2.12 bits per heavy atom. The minimum absolute atomic E-state index is 0.758. The molecule has 1 aromatic heterocycles. The predicted octanol–water partition coefficient (Wildman–Crippen LogP) is 3.72. The molecular formula is C13H19N3S. The van der Waals surface area contributed by atoms with Crippen LogP contribution in [0.2, 0.25) is 0 Å². The molecule has 92 valence electrons. The van der Waals surface area contributed by atoms with Gasteiger partial charge in [0.2, 0.25) is 0 Å². The van der Waals surface area contributed by atoms with E-state index in [1.165, 1.54) is 17.3 Å². The minimum atomic E-state index is 0.758. The molecule has 4 heteroatoms. The maximum Gasteiger partial charge on any atom is 0.174 e. The second-order valence-electron chi connectivity index (χ2n) is 4.21. The zero-order chi connectivity index (χ0) is 13.0. The van der Waals surface area contributed by atoms with E-state index in [1.54, 1.807) is 0 Å². The van der Waals surface area contributed by atoms with Gasteiger partial charge in [0, 0.05) is 24.7 Å². The highest BCUT2D eigenvalue weighted by molar-refractivity contribution is 8.02. The predicted molar refractivity (Wildman–Crippen MR) is 75.5 cm³/mol. The Labute approximate surface area is 107 Å². The zero-order valence-electron chi connectivity index (χ0n) is 11.1. The number of nitrogens with zero attached hydrogens (tertiary/aromatic N) is 3. The number of hydrogen-bond acceptors (Lipinski definition) is 3. The molecule has 0 aromatic carbocycles. The van der Waals surface area contributed by atoms with Gasteiger partial charge in [-0.2, -0.15) is 0 Å². The number of imidazole rings is 1. The van der Waals surface area contributed by atoms with E-state index in [0.717, 1.165) is 21.6 Å². The Morgan fingerprint density at radius 1 is 1.47 bits per heavy atom. The molecule has 1 rings (SSSR count). The van der Waals surface area contributed by atoms with Gasteiger partial charge in [-0.3, -0.25) is 0 Å². The fourth-order valence-electron chi connectivity index (χ4n) is 1.34. The standard InChI is InChI=1S/C13H19N3S/c1-9(2)7-10(3)15-12(5)17-13-14-8-11(4)16(13)6/h7-8H,5H2,1-4,6H3/b15-10-. The molecule has 0 aliphatic heterocycles. The van der Waals surface area contributed by atoms with Crippen molar-refractivity contribution >= 4 is 17.5 Å². The average molecular weight is 249 g/mol. The van der Waals surface area contributed by atoms with Crippen LogP contribution in [0.25, 0.3) is 0 Å². The molecule has 0 amide bonds. The Bertz CT molecular complexity index is 477. The fourth-order valence-corrected chi connectivity index (χ4v) is 2.13. The summed E-state index contributed by atoms with van der Waals surface area (Å²) in [6.45, 7) is 12.0. The topological polar surface area (TPSA) is 30.2 Å². The van der Waals surface area contributed by atoms with Crippen LogP contribution < -0.4 is 0 Å². The number of thioether (sulfide) groups is 1. The number of hydrogen-bond donors (Lipinski definition) is 0. The summed E-state index contributed by atoms with van der Waals surface area (Å²) in [5, 5.41) is 1.68. The van der Waals surface area contributed by atoms with Gasteiger partial charge < -0.3 is 4.57 Å². The molecule has 0 aliphatic carbocycles. The van der Waals surface area contributed by atoms with Gasteiger partial charge in [0.05, 0.1) is 5.03 Å². The molecular weight excluding hydrogens is 230 g/mol. The Hall–Kier alpha value is -1.29. The highest BCUT2D eigenvalue weighted by atomic mass is 32.2. The molecule has 0 atom stereocenters. The Kier molecular flexibility index (Phi) is 4.75. The van der Waals surface area contributed by atoms with Crippen LogP contribution in [-0.4, -0.2) is 15.3 Å². The molecule has 0 aliphatic rings. The van der Waals surface area contributed by atoms with Crippen LogP contribution in [-0.2, 0) is 7.05 Å². The number of aryl methyl sites for hydroxylation is 1. The van der Waals surface area contributed by atoms with Crippen LogP contribution in [0, 0.1) is 6.92 Å². The lowest BCUT2D eigenvalue weighted by molar-refractivity contribution is 0.767. The van der Waals surface area contributed by atoms with E-state index in [1.807, 2.05) is 37.7 Å². The normalized spacial score (nSPS) is 11.5. The lowest BCUT2D eigenvalue weighted by atomic mass is 10.2. The lowest BCUT2D eigenvalue weighted by Crippen LogP contribution is -1.93. The fraction of sp³-hybridized carbons (Fsp3) is 0.385.